The van der Waals surface area contributed by atoms with Crippen molar-refractivity contribution in [1.29, 1.82) is 0 Å². The van der Waals surface area contributed by atoms with Crippen molar-refractivity contribution in [2.75, 3.05) is 0 Å². The minimum Gasteiger partial charge on any atom is -0.363 e. The SMILES string of the molecule is O=[C]OC#CC(Cl)(Cl)Cl. The molecule has 0 unspecified atom stereocenters. The summed E-state index contributed by atoms with van der Waals surface area (Å²) in [4.78, 5) is 9.31. The average Bonchev–Trinajstić information content (AvgIpc) is 1.63. The Balaban J connectivity index is 3.72. The van der Waals surface area contributed by atoms with E-state index < -0.39 is 3.79 Å². The monoisotopic (exact) mass is 185 g/mol. The Kier molecular flexibility index (Phi) is 3.79. The second-order valence-corrected chi connectivity index (χ2v) is 3.19. The van der Waals surface area contributed by atoms with Crippen LogP contribution in [0.4, 0.5) is 0 Å². The van der Waals surface area contributed by atoms with E-state index in [1.54, 1.807) is 6.11 Å². The zero-order chi connectivity index (χ0) is 7.33. The maximum atomic E-state index is 9.31. The molecule has 0 aliphatic rings. The number of hydrogen-bond donors (Lipinski definition) is 0. The Labute approximate surface area is 67.0 Å². The van der Waals surface area contributed by atoms with Gasteiger partial charge < -0.3 is 4.74 Å². The van der Waals surface area contributed by atoms with Crippen molar-refractivity contribution in [2.45, 2.75) is 3.79 Å². The van der Waals surface area contributed by atoms with Crippen LogP contribution in [0.3, 0.4) is 0 Å². The number of ether oxygens (including phenoxy) is 1. The van der Waals surface area contributed by atoms with Gasteiger partial charge in [0.2, 0.25) is 0 Å². The summed E-state index contributed by atoms with van der Waals surface area (Å²) in [6.45, 7) is 1.04. The molecule has 0 aliphatic heterocycles. The second kappa shape index (κ2) is 3.84. The Morgan fingerprint density at radius 2 is 1.89 bits per heavy atom. The molecule has 0 amide bonds. The van der Waals surface area contributed by atoms with Gasteiger partial charge in [-0.15, -0.1) is 0 Å². The molecule has 0 bridgehead atoms. The van der Waals surface area contributed by atoms with Gasteiger partial charge in [-0.25, -0.2) is 4.79 Å². The quantitative estimate of drug-likeness (QED) is 0.457. The van der Waals surface area contributed by atoms with E-state index in [9.17, 15) is 4.79 Å². The molecule has 0 fully saturated rings. The second-order valence-electron chi connectivity index (χ2n) is 0.910. The van der Waals surface area contributed by atoms with Gasteiger partial charge in [-0.1, -0.05) is 34.8 Å². The smallest absolute Gasteiger partial charge is 0.363 e. The molecule has 1 radical (unpaired) electrons. The molecule has 0 aromatic rings. The van der Waals surface area contributed by atoms with Crippen LogP contribution >= 0.6 is 34.8 Å². The highest BCUT2D eigenvalue weighted by Gasteiger charge is 2.14. The minimum atomic E-state index is -1.70. The van der Waals surface area contributed by atoms with Gasteiger partial charge in [0.25, 0.3) is 3.79 Å². The summed E-state index contributed by atoms with van der Waals surface area (Å²) in [5.41, 5.74) is 0. The minimum absolute atomic E-state index is 1.04. The van der Waals surface area contributed by atoms with Gasteiger partial charge in [0, 0.05) is 0 Å². The van der Waals surface area contributed by atoms with Crippen LogP contribution in [0.1, 0.15) is 0 Å². The molecule has 0 rings (SSSR count). The van der Waals surface area contributed by atoms with E-state index in [4.69, 9.17) is 34.8 Å². The zero-order valence-corrected chi connectivity index (χ0v) is 6.22. The van der Waals surface area contributed by atoms with E-state index in [-0.39, 0.29) is 0 Å². The fraction of sp³-hybridized carbons (Fsp3) is 0.250. The molecule has 0 heterocycles. The summed E-state index contributed by atoms with van der Waals surface area (Å²) < 4.78 is 2.09. The molecule has 2 nitrogen and oxygen atoms in total. The molecule has 9 heavy (non-hydrogen) atoms. The van der Waals surface area contributed by atoms with Crippen LogP contribution in [0.15, 0.2) is 0 Å². The van der Waals surface area contributed by atoms with Crippen LogP contribution in [0, 0.1) is 12.0 Å². The standard InChI is InChI=1S/C4Cl3O2/c5-4(6,7)1-2-9-3-8. The van der Waals surface area contributed by atoms with E-state index in [1.807, 2.05) is 5.92 Å². The zero-order valence-electron chi connectivity index (χ0n) is 3.95. The van der Waals surface area contributed by atoms with E-state index in [1.165, 1.54) is 0 Å². The Hall–Kier alpha value is -0.100. The van der Waals surface area contributed by atoms with Gasteiger partial charge in [0.15, 0.2) is 0 Å². The molecular weight excluding hydrogens is 186 g/mol. The summed E-state index contributed by atoms with van der Waals surface area (Å²) in [5, 5.41) is 0. The van der Waals surface area contributed by atoms with Gasteiger partial charge in [0.1, 0.15) is 6.11 Å². The summed E-state index contributed by atoms with van der Waals surface area (Å²) in [6, 6.07) is 0. The van der Waals surface area contributed by atoms with Gasteiger partial charge >= 0.3 is 6.47 Å². The molecule has 0 N–H and O–H groups in total. The lowest BCUT2D eigenvalue weighted by molar-refractivity contribution is 0.420. The summed E-state index contributed by atoms with van der Waals surface area (Å²) in [5.74, 6) is 1.98. The van der Waals surface area contributed by atoms with Crippen molar-refractivity contribution in [3.63, 3.8) is 0 Å². The molecule has 0 saturated heterocycles. The van der Waals surface area contributed by atoms with Crippen molar-refractivity contribution in [2.24, 2.45) is 0 Å². The topological polar surface area (TPSA) is 26.3 Å². The molecule has 0 atom stereocenters. The highest BCUT2D eigenvalue weighted by atomic mass is 35.6. The fourth-order valence-corrected chi connectivity index (χ4v) is 0.220. The molecule has 0 aliphatic carbocycles. The van der Waals surface area contributed by atoms with Crippen LogP contribution in [0.2, 0.25) is 0 Å². The van der Waals surface area contributed by atoms with Gasteiger partial charge in [-0.3, -0.25) is 0 Å². The Bertz CT molecular complexity index is 149. The third-order valence-corrected chi connectivity index (χ3v) is 0.569. The third kappa shape index (κ3) is 7.90. The van der Waals surface area contributed by atoms with Crippen molar-refractivity contribution in [1.82, 2.24) is 0 Å². The predicted molar refractivity (Wildman–Crippen MR) is 34.8 cm³/mol. The highest BCUT2D eigenvalue weighted by Crippen LogP contribution is 2.23. The molecule has 0 aromatic carbocycles. The number of hydrogen-bond acceptors (Lipinski definition) is 2. The number of rotatable bonds is 1. The van der Waals surface area contributed by atoms with E-state index in [2.05, 4.69) is 4.74 Å². The van der Waals surface area contributed by atoms with Crippen LogP contribution in [-0.2, 0) is 9.53 Å². The van der Waals surface area contributed by atoms with Crippen LogP contribution < -0.4 is 0 Å². The van der Waals surface area contributed by atoms with Crippen LogP contribution in [0.5, 0.6) is 0 Å². The van der Waals surface area contributed by atoms with Crippen molar-refractivity contribution in [3.8, 4) is 12.0 Å². The lowest BCUT2D eigenvalue weighted by Gasteiger charge is -1.94. The largest absolute Gasteiger partial charge is 0.432 e. The Morgan fingerprint density at radius 1 is 1.33 bits per heavy atom. The Morgan fingerprint density at radius 3 is 2.22 bits per heavy atom. The predicted octanol–water partition coefficient (Wildman–Crippen LogP) is 1.40. The van der Waals surface area contributed by atoms with Crippen molar-refractivity contribution in [3.05, 3.63) is 0 Å². The molecule has 49 valence electrons. The number of alkyl halides is 3. The van der Waals surface area contributed by atoms with Crippen LogP contribution in [0.25, 0.3) is 0 Å². The highest BCUT2D eigenvalue weighted by molar-refractivity contribution is 6.69. The van der Waals surface area contributed by atoms with Crippen molar-refractivity contribution < 1.29 is 9.53 Å². The normalized spacial score (nSPS) is 9.22. The lowest BCUT2D eigenvalue weighted by Crippen LogP contribution is -1.95. The van der Waals surface area contributed by atoms with E-state index >= 15 is 0 Å². The lowest BCUT2D eigenvalue weighted by atomic mass is 10.8. The van der Waals surface area contributed by atoms with E-state index in [0.717, 1.165) is 6.47 Å². The first kappa shape index (κ1) is 8.90. The fourth-order valence-electron chi connectivity index (χ4n) is 0.104. The van der Waals surface area contributed by atoms with Gasteiger partial charge in [-0.05, 0) is 5.92 Å². The third-order valence-electron chi connectivity index (χ3n) is 0.285. The van der Waals surface area contributed by atoms with Gasteiger partial charge in [0.05, 0.1) is 0 Å². The molecular formula is C4Cl3O2. The van der Waals surface area contributed by atoms with E-state index in [0.29, 0.717) is 0 Å². The summed E-state index contributed by atoms with van der Waals surface area (Å²) in [6.07, 6.45) is 1.81. The molecule has 0 spiro atoms. The summed E-state index contributed by atoms with van der Waals surface area (Å²) >= 11 is 15.3. The maximum Gasteiger partial charge on any atom is 0.432 e. The first-order valence-corrected chi connectivity index (χ1v) is 2.81. The summed E-state index contributed by atoms with van der Waals surface area (Å²) in [7, 11) is 0. The van der Waals surface area contributed by atoms with Gasteiger partial charge in [-0.2, -0.15) is 0 Å². The number of halogens is 3. The maximum absolute atomic E-state index is 9.31. The first-order chi connectivity index (χ1) is 4.06. The first-order valence-electron chi connectivity index (χ1n) is 1.68. The molecule has 0 aromatic heterocycles. The van der Waals surface area contributed by atoms with Crippen LogP contribution in [-0.4, -0.2) is 10.3 Å². The average molecular weight is 186 g/mol. The number of carbonyl (C=O) groups excluding carboxylic acids is 1. The van der Waals surface area contributed by atoms with Crippen molar-refractivity contribution >= 4 is 41.3 Å². The molecule has 5 heteroatoms. The molecule has 0 saturated carbocycles.